The first-order chi connectivity index (χ1) is 20.1. The molecule has 3 saturated carbocycles. The van der Waals surface area contributed by atoms with E-state index in [1.54, 1.807) is 0 Å². The van der Waals surface area contributed by atoms with Gasteiger partial charge in [0.05, 0.1) is 18.1 Å². The lowest BCUT2D eigenvalue weighted by Gasteiger charge is -2.53. The van der Waals surface area contributed by atoms with E-state index in [-0.39, 0.29) is 17.9 Å². The van der Waals surface area contributed by atoms with Crippen LogP contribution in [0.2, 0.25) is 0 Å². The maximum absolute atomic E-state index is 14.8. The van der Waals surface area contributed by atoms with Crippen molar-refractivity contribution in [3.8, 4) is 0 Å². The summed E-state index contributed by atoms with van der Waals surface area (Å²) in [6.07, 6.45) is 1.51. The lowest BCUT2D eigenvalue weighted by atomic mass is 9.58. The summed E-state index contributed by atoms with van der Waals surface area (Å²) in [6, 6.07) is -4.29. The SMILES string of the molecule is C=CC(OC(=O)C1CCCCC1)C1C(C(F)F)NC(C(F)(F)F)C(C(=O)C2CCC(OCC)CC2)C1C1CCCCC1. The molecular formula is C32H48F5NO4. The van der Waals surface area contributed by atoms with Gasteiger partial charge in [-0.2, -0.15) is 13.2 Å². The van der Waals surface area contributed by atoms with Crippen molar-refractivity contribution in [2.24, 2.45) is 35.5 Å². The number of carbonyl (C=O) groups excluding carboxylic acids is 2. The standard InChI is InChI=1S/C32H48F5NO4/c1-3-23(42-31(40)21-13-9-6-10-14-21)25-24(19-11-7-5-8-12-19)26(29(32(35,36)37)38-27(25)30(33)34)28(39)20-15-17-22(18-16-20)41-4-2/h3,19-27,29-30,38H,1,4-18H2,2H3. The van der Waals surface area contributed by atoms with Crippen LogP contribution in [-0.2, 0) is 19.1 Å². The lowest BCUT2D eigenvalue weighted by Crippen LogP contribution is -2.69. The third-order valence-electron chi connectivity index (χ3n) is 10.4. The van der Waals surface area contributed by atoms with E-state index in [2.05, 4.69) is 11.9 Å². The van der Waals surface area contributed by atoms with Gasteiger partial charge in [0, 0.05) is 24.4 Å². The Morgan fingerprint density at radius 2 is 1.50 bits per heavy atom. The summed E-state index contributed by atoms with van der Waals surface area (Å²) in [7, 11) is 0. The van der Waals surface area contributed by atoms with E-state index in [0.717, 1.165) is 38.5 Å². The average molecular weight is 606 g/mol. The molecule has 1 N–H and O–H groups in total. The Labute approximate surface area is 246 Å². The molecule has 6 unspecified atom stereocenters. The molecular weight excluding hydrogens is 557 g/mol. The minimum atomic E-state index is -4.91. The van der Waals surface area contributed by atoms with E-state index in [9.17, 15) is 31.5 Å². The normalized spacial score (nSPS) is 34.6. The van der Waals surface area contributed by atoms with Gasteiger partial charge in [-0.3, -0.25) is 14.9 Å². The van der Waals surface area contributed by atoms with Crippen LogP contribution in [0.3, 0.4) is 0 Å². The first-order valence-electron chi connectivity index (χ1n) is 16.2. The Kier molecular flexibility index (Phi) is 11.9. The topological polar surface area (TPSA) is 64.6 Å². The van der Waals surface area contributed by atoms with Crippen molar-refractivity contribution in [2.45, 2.75) is 134 Å². The summed E-state index contributed by atoms with van der Waals surface area (Å²) in [5, 5.41) is 2.22. The third-order valence-corrected chi connectivity index (χ3v) is 10.4. The zero-order chi connectivity index (χ0) is 30.4. The molecule has 42 heavy (non-hydrogen) atoms. The van der Waals surface area contributed by atoms with Crippen molar-refractivity contribution < 1.29 is 41.0 Å². The molecule has 0 spiro atoms. The summed E-state index contributed by atoms with van der Waals surface area (Å²) >= 11 is 0. The molecule has 1 heterocycles. The Bertz CT molecular complexity index is 894. The average Bonchev–Trinajstić information content (AvgIpc) is 2.99. The third kappa shape index (κ3) is 7.74. The lowest BCUT2D eigenvalue weighted by molar-refractivity contribution is -0.208. The van der Waals surface area contributed by atoms with Gasteiger partial charge in [0.15, 0.2) is 0 Å². The quantitative estimate of drug-likeness (QED) is 0.160. The van der Waals surface area contributed by atoms with Gasteiger partial charge in [-0.05, 0) is 57.3 Å². The number of ketones is 1. The summed E-state index contributed by atoms with van der Waals surface area (Å²) in [5.41, 5.74) is 0. The number of alkyl halides is 5. The van der Waals surface area contributed by atoms with E-state index < -0.39 is 66.2 Å². The molecule has 0 aromatic rings. The predicted octanol–water partition coefficient (Wildman–Crippen LogP) is 7.43. The van der Waals surface area contributed by atoms with Crippen LogP contribution in [0.4, 0.5) is 22.0 Å². The summed E-state index contributed by atoms with van der Waals surface area (Å²) in [5.74, 6) is -6.10. The van der Waals surface area contributed by atoms with Gasteiger partial charge in [-0.25, -0.2) is 8.78 Å². The van der Waals surface area contributed by atoms with E-state index in [1.807, 2.05) is 6.92 Å². The van der Waals surface area contributed by atoms with Crippen LogP contribution < -0.4 is 5.32 Å². The summed E-state index contributed by atoms with van der Waals surface area (Å²) in [6.45, 7) is 6.19. The number of carbonyl (C=O) groups is 2. The van der Waals surface area contributed by atoms with Crippen molar-refractivity contribution in [1.29, 1.82) is 0 Å². The van der Waals surface area contributed by atoms with Crippen LogP contribution in [0.1, 0.15) is 96.8 Å². The largest absolute Gasteiger partial charge is 0.458 e. The highest BCUT2D eigenvalue weighted by atomic mass is 19.4. The van der Waals surface area contributed by atoms with Crippen LogP contribution in [0.25, 0.3) is 0 Å². The zero-order valence-electron chi connectivity index (χ0n) is 24.8. The van der Waals surface area contributed by atoms with Crippen molar-refractivity contribution in [2.75, 3.05) is 6.61 Å². The first-order valence-corrected chi connectivity index (χ1v) is 16.2. The molecule has 4 aliphatic rings. The number of rotatable bonds is 10. The van der Waals surface area contributed by atoms with Crippen molar-refractivity contribution in [3.05, 3.63) is 12.7 Å². The van der Waals surface area contributed by atoms with Gasteiger partial charge in [0.25, 0.3) is 6.43 Å². The number of nitrogens with one attached hydrogen (secondary N) is 1. The molecule has 1 aliphatic heterocycles. The Hall–Kier alpha value is -1.55. The second kappa shape index (κ2) is 15.0. The number of esters is 1. The highest BCUT2D eigenvalue weighted by Gasteiger charge is 2.62. The molecule has 0 radical (unpaired) electrons. The minimum Gasteiger partial charge on any atom is -0.458 e. The fourth-order valence-corrected chi connectivity index (χ4v) is 8.44. The van der Waals surface area contributed by atoms with Crippen molar-refractivity contribution in [1.82, 2.24) is 5.32 Å². The Balaban J connectivity index is 1.72. The molecule has 0 aromatic heterocycles. The van der Waals surface area contributed by atoms with Gasteiger partial charge in [-0.1, -0.05) is 64.0 Å². The molecule has 5 nitrogen and oxygen atoms in total. The predicted molar refractivity (Wildman–Crippen MR) is 149 cm³/mol. The zero-order valence-corrected chi connectivity index (χ0v) is 24.8. The fraction of sp³-hybridized carbons (Fsp3) is 0.875. The molecule has 4 fully saturated rings. The van der Waals surface area contributed by atoms with Gasteiger partial charge in [-0.15, -0.1) is 0 Å². The van der Waals surface area contributed by atoms with E-state index >= 15 is 0 Å². The first kappa shape index (κ1) is 33.3. The highest BCUT2D eigenvalue weighted by molar-refractivity contribution is 5.85. The fourth-order valence-electron chi connectivity index (χ4n) is 8.44. The number of hydrogen-bond donors (Lipinski definition) is 1. The molecule has 0 amide bonds. The van der Waals surface area contributed by atoms with Gasteiger partial charge in [0.2, 0.25) is 0 Å². The number of ether oxygens (including phenoxy) is 2. The monoisotopic (exact) mass is 605 g/mol. The molecule has 10 heteroatoms. The Morgan fingerprint density at radius 1 is 0.905 bits per heavy atom. The van der Waals surface area contributed by atoms with Crippen LogP contribution in [0.5, 0.6) is 0 Å². The van der Waals surface area contributed by atoms with Gasteiger partial charge < -0.3 is 9.47 Å². The number of hydrogen-bond acceptors (Lipinski definition) is 5. The molecule has 6 atom stereocenters. The van der Waals surface area contributed by atoms with Gasteiger partial charge in [0.1, 0.15) is 17.9 Å². The van der Waals surface area contributed by atoms with Crippen LogP contribution in [0, 0.1) is 35.5 Å². The summed E-state index contributed by atoms with van der Waals surface area (Å²) < 4.78 is 85.3. The molecule has 1 saturated heterocycles. The van der Waals surface area contributed by atoms with Crippen LogP contribution in [0.15, 0.2) is 12.7 Å². The molecule has 0 aromatic carbocycles. The minimum absolute atomic E-state index is 0.0311. The van der Waals surface area contributed by atoms with Crippen LogP contribution >= 0.6 is 0 Å². The van der Waals surface area contributed by atoms with E-state index in [4.69, 9.17) is 9.47 Å². The number of halogens is 5. The molecule has 4 rings (SSSR count). The second-order valence-electron chi connectivity index (χ2n) is 12.9. The maximum atomic E-state index is 14.8. The van der Waals surface area contributed by atoms with Crippen molar-refractivity contribution in [3.63, 3.8) is 0 Å². The van der Waals surface area contributed by atoms with E-state index in [0.29, 0.717) is 58.0 Å². The Morgan fingerprint density at radius 3 is 2.02 bits per heavy atom. The second-order valence-corrected chi connectivity index (χ2v) is 12.9. The van der Waals surface area contributed by atoms with Crippen LogP contribution in [-0.4, -0.2) is 55.3 Å². The maximum Gasteiger partial charge on any atom is 0.404 e. The van der Waals surface area contributed by atoms with Crippen molar-refractivity contribution >= 4 is 11.8 Å². The number of Topliss-reactive ketones (excluding diaryl/α,β-unsaturated/α-hetero) is 1. The molecule has 240 valence electrons. The molecule has 0 bridgehead atoms. The number of piperidine rings is 1. The van der Waals surface area contributed by atoms with E-state index in [1.165, 1.54) is 6.08 Å². The molecule has 3 aliphatic carbocycles. The van der Waals surface area contributed by atoms with Gasteiger partial charge >= 0.3 is 12.1 Å². The summed E-state index contributed by atoms with van der Waals surface area (Å²) in [4.78, 5) is 27.4. The smallest absolute Gasteiger partial charge is 0.404 e. The highest BCUT2D eigenvalue weighted by Crippen LogP contribution is 2.51.